The van der Waals surface area contributed by atoms with Gasteiger partial charge in [-0.05, 0) is 18.6 Å². The Morgan fingerprint density at radius 2 is 2.36 bits per heavy atom. The minimum atomic E-state index is -0.417. The third kappa shape index (κ3) is 8.17. The largest absolute Gasteiger partial charge is 0.462 e. The first-order valence-electron chi connectivity index (χ1n) is 4.20. The second-order valence-electron chi connectivity index (χ2n) is 2.30. The molecular weight excluding hydrogens is 176 g/mol. The number of rotatable bonds is 4. The Hall–Kier alpha value is -1.93. The maximum Gasteiger partial charge on any atom is 0.331 e. The molecule has 0 aliphatic heterocycles. The zero-order valence-electron chi connectivity index (χ0n) is 7.95. The molecule has 0 saturated carbocycles. The van der Waals surface area contributed by atoms with Crippen molar-refractivity contribution in [3.05, 3.63) is 24.8 Å². The highest BCUT2D eigenvalue weighted by Gasteiger charge is 1.93. The molecule has 0 saturated heterocycles. The molecule has 72 valence electrons. The highest BCUT2D eigenvalue weighted by atomic mass is 16.5. The van der Waals surface area contributed by atoms with Gasteiger partial charge in [0.25, 0.3) is 0 Å². The molecule has 0 unspecified atom stereocenters. The summed E-state index contributed by atoms with van der Waals surface area (Å²) in [5, 5.41) is 0. The predicted octanol–water partition coefficient (Wildman–Crippen LogP) is 1.69. The van der Waals surface area contributed by atoms with Crippen LogP contribution in [-0.4, -0.2) is 12.6 Å². The van der Waals surface area contributed by atoms with Gasteiger partial charge < -0.3 is 4.74 Å². The van der Waals surface area contributed by atoms with Crippen molar-refractivity contribution in [2.24, 2.45) is 0 Å². The van der Waals surface area contributed by atoms with Crippen LogP contribution in [0.1, 0.15) is 12.8 Å². The maximum atomic E-state index is 10.8. The van der Waals surface area contributed by atoms with Gasteiger partial charge in [-0.1, -0.05) is 24.3 Å². The molecule has 0 aromatic rings. The van der Waals surface area contributed by atoms with Gasteiger partial charge in [-0.2, -0.15) is 0 Å². The minimum Gasteiger partial charge on any atom is -0.462 e. The van der Waals surface area contributed by atoms with E-state index >= 15 is 0 Å². The van der Waals surface area contributed by atoms with Crippen molar-refractivity contribution < 1.29 is 9.53 Å². The van der Waals surface area contributed by atoms with E-state index in [4.69, 9.17) is 11.2 Å². The lowest BCUT2D eigenvalue weighted by atomic mass is 10.3. The molecule has 0 radical (unpaired) electrons. The van der Waals surface area contributed by atoms with Crippen molar-refractivity contribution in [3.8, 4) is 24.2 Å². The first kappa shape index (κ1) is 12.1. The number of esters is 1. The predicted molar refractivity (Wildman–Crippen MR) is 56.1 cm³/mol. The Morgan fingerprint density at radius 3 is 3.00 bits per heavy atom. The number of allylic oxidation sites excluding steroid dienone is 2. The normalized spacial score (nSPS) is 8.50. The van der Waals surface area contributed by atoms with E-state index in [2.05, 4.69) is 24.3 Å². The molecule has 0 aromatic carbocycles. The third-order valence-corrected chi connectivity index (χ3v) is 1.21. The lowest BCUT2D eigenvalue weighted by Crippen LogP contribution is -2.01. The molecule has 0 bridgehead atoms. The Bertz CT molecular complexity index is 307. The molecule has 0 aliphatic rings. The van der Waals surface area contributed by atoms with E-state index in [0.717, 1.165) is 6.42 Å². The Balaban J connectivity index is 3.46. The summed E-state index contributed by atoms with van der Waals surface area (Å²) >= 11 is 0. The van der Waals surface area contributed by atoms with E-state index < -0.39 is 5.97 Å². The maximum absolute atomic E-state index is 10.8. The Kier molecular flexibility index (Phi) is 7.90. The molecule has 0 N–H and O–H groups in total. The van der Waals surface area contributed by atoms with E-state index in [-0.39, 0.29) is 0 Å². The fourth-order valence-corrected chi connectivity index (χ4v) is 0.642. The Labute approximate surface area is 84.6 Å². The number of carbonyl (C=O) groups is 1. The fraction of sp³-hybridized carbons (Fsp3) is 0.250. The van der Waals surface area contributed by atoms with Crippen molar-refractivity contribution in [2.45, 2.75) is 12.8 Å². The van der Waals surface area contributed by atoms with Gasteiger partial charge in [0.15, 0.2) is 0 Å². The van der Waals surface area contributed by atoms with Crippen molar-refractivity contribution in [2.75, 3.05) is 6.61 Å². The average Bonchev–Trinajstić information content (AvgIpc) is 2.20. The van der Waals surface area contributed by atoms with E-state index in [1.807, 2.05) is 0 Å². The number of hydrogen-bond acceptors (Lipinski definition) is 2. The topological polar surface area (TPSA) is 26.3 Å². The zero-order valence-corrected chi connectivity index (χ0v) is 7.95. The summed E-state index contributed by atoms with van der Waals surface area (Å²) in [6, 6.07) is 0. The lowest BCUT2D eigenvalue weighted by Gasteiger charge is -1.97. The van der Waals surface area contributed by atoms with E-state index in [1.165, 1.54) is 18.2 Å². The Morgan fingerprint density at radius 1 is 1.57 bits per heavy atom. The van der Waals surface area contributed by atoms with Gasteiger partial charge in [-0.3, -0.25) is 0 Å². The van der Waals surface area contributed by atoms with Crippen molar-refractivity contribution in [1.29, 1.82) is 0 Å². The monoisotopic (exact) mass is 188 g/mol. The molecule has 0 atom stereocenters. The van der Waals surface area contributed by atoms with Crippen LogP contribution in [0.3, 0.4) is 0 Å². The summed E-state index contributed by atoms with van der Waals surface area (Å²) in [7, 11) is 0. The van der Waals surface area contributed by atoms with Gasteiger partial charge in [0.2, 0.25) is 0 Å². The van der Waals surface area contributed by atoms with Gasteiger partial charge in [0.05, 0.1) is 6.61 Å². The van der Waals surface area contributed by atoms with Crippen LogP contribution in [0.25, 0.3) is 0 Å². The summed E-state index contributed by atoms with van der Waals surface area (Å²) in [4.78, 5) is 10.8. The average molecular weight is 188 g/mol. The molecule has 0 heterocycles. The molecule has 0 spiro atoms. The van der Waals surface area contributed by atoms with Crippen LogP contribution in [-0.2, 0) is 9.53 Å². The van der Waals surface area contributed by atoms with Crippen molar-refractivity contribution in [3.63, 3.8) is 0 Å². The molecule has 2 heteroatoms. The second kappa shape index (κ2) is 9.16. The van der Waals surface area contributed by atoms with Crippen LogP contribution < -0.4 is 0 Å². The lowest BCUT2D eigenvalue weighted by molar-refractivity contribution is -0.137. The SMILES string of the molecule is C#C/C=C\C(=O)OCCCC#CC=C. The number of ether oxygens (including phenoxy) is 1. The quantitative estimate of drug-likeness (QED) is 0.290. The summed E-state index contributed by atoms with van der Waals surface area (Å²) < 4.78 is 4.81. The molecule has 2 nitrogen and oxygen atoms in total. The van der Waals surface area contributed by atoms with E-state index in [0.29, 0.717) is 13.0 Å². The molecule has 0 aromatic heterocycles. The molecule has 0 aliphatic carbocycles. The molecule has 0 fully saturated rings. The van der Waals surface area contributed by atoms with Gasteiger partial charge in [0, 0.05) is 12.5 Å². The summed E-state index contributed by atoms with van der Waals surface area (Å²) in [6.07, 6.45) is 10.4. The number of terminal acetylenes is 1. The highest BCUT2D eigenvalue weighted by Crippen LogP contribution is 1.90. The number of carbonyl (C=O) groups excluding carboxylic acids is 1. The third-order valence-electron chi connectivity index (χ3n) is 1.21. The van der Waals surface area contributed by atoms with Crippen LogP contribution in [0, 0.1) is 24.2 Å². The van der Waals surface area contributed by atoms with E-state index in [1.54, 1.807) is 0 Å². The molecular formula is C12H12O2. The summed E-state index contributed by atoms with van der Waals surface area (Å²) in [5.74, 6) is 7.33. The van der Waals surface area contributed by atoms with Crippen LogP contribution in [0.5, 0.6) is 0 Å². The smallest absolute Gasteiger partial charge is 0.331 e. The first-order chi connectivity index (χ1) is 6.81. The van der Waals surface area contributed by atoms with Gasteiger partial charge in [-0.15, -0.1) is 6.42 Å². The molecule has 0 rings (SSSR count). The molecule has 14 heavy (non-hydrogen) atoms. The van der Waals surface area contributed by atoms with Crippen molar-refractivity contribution in [1.82, 2.24) is 0 Å². The number of unbranched alkanes of at least 4 members (excludes halogenated alkanes) is 1. The number of hydrogen-bond donors (Lipinski definition) is 0. The standard InChI is InChI=1S/C12H12O2/c1-3-5-7-8-9-11-14-12(13)10-6-4-2/h2-3,6,10H,1,8-9,11H2/b10-6-. The molecule has 0 amide bonds. The fourth-order valence-electron chi connectivity index (χ4n) is 0.642. The van der Waals surface area contributed by atoms with Gasteiger partial charge in [-0.25, -0.2) is 4.79 Å². The van der Waals surface area contributed by atoms with Crippen molar-refractivity contribution >= 4 is 5.97 Å². The van der Waals surface area contributed by atoms with Crippen LogP contribution >= 0.6 is 0 Å². The summed E-state index contributed by atoms with van der Waals surface area (Å²) in [5.41, 5.74) is 0. The van der Waals surface area contributed by atoms with Gasteiger partial charge >= 0.3 is 5.97 Å². The first-order valence-corrected chi connectivity index (χ1v) is 4.20. The van der Waals surface area contributed by atoms with Crippen LogP contribution in [0.4, 0.5) is 0 Å². The van der Waals surface area contributed by atoms with Crippen LogP contribution in [0.15, 0.2) is 24.8 Å². The highest BCUT2D eigenvalue weighted by molar-refractivity contribution is 5.82. The van der Waals surface area contributed by atoms with Crippen LogP contribution in [0.2, 0.25) is 0 Å². The zero-order chi connectivity index (χ0) is 10.6. The summed E-state index contributed by atoms with van der Waals surface area (Å²) in [6.45, 7) is 3.81. The van der Waals surface area contributed by atoms with Gasteiger partial charge in [0.1, 0.15) is 0 Å². The second-order valence-corrected chi connectivity index (χ2v) is 2.30. The van der Waals surface area contributed by atoms with E-state index in [9.17, 15) is 4.79 Å². The minimum absolute atomic E-state index is 0.361.